The van der Waals surface area contributed by atoms with Gasteiger partial charge in [-0.1, -0.05) is 12.1 Å². The van der Waals surface area contributed by atoms with E-state index in [1.165, 1.54) is 6.20 Å². The van der Waals surface area contributed by atoms with Gasteiger partial charge in [0.2, 0.25) is 0 Å². The Morgan fingerprint density at radius 2 is 2.03 bits per heavy atom. The maximum absolute atomic E-state index is 12.6. The van der Waals surface area contributed by atoms with E-state index >= 15 is 0 Å². The third-order valence-corrected chi connectivity index (χ3v) is 4.72. The molecule has 30 heavy (non-hydrogen) atoms. The lowest BCUT2D eigenvalue weighted by Crippen LogP contribution is -2.26. The van der Waals surface area contributed by atoms with Crippen LogP contribution >= 0.6 is 0 Å². The molecule has 0 fully saturated rings. The summed E-state index contributed by atoms with van der Waals surface area (Å²) in [4.78, 5) is 21.4. The molecule has 0 spiro atoms. The summed E-state index contributed by atoms with van der Waals surface area (Å²) in [5.41, 5.74) is 2.90. The number of amides is 1. The Balaban J connectivity index is 1.43. The van der Waals surface area contributed by atoms with Crippen LogP contribution in [0, 0.1) is 6.92 Å². The number of methoxy groups -OCH3 is 1. The molecule has 152 valence electrons. The molecule has 0 aliphatic carbocycles. The molecular weight excluding hydrogens is 382 g/mol. The Morgan fingerprint density at radius 3 is 2.77 bits per heavy atom. The van der Waals surface area contributed by atoms with Crippen LogP contribution in [0.3, 0.4) is 0 Å². The Kier molecular flexibility index (Phi) is 5.56. The molecule has 0 aliphatic heterocycles. The number of aromatic nitrogens is 4. The standard InChI is InChI=1S/C22H21N5O3/c1-15-18(21(28)23-11-9-16-5-7-17(29-2)8-6-16)14-25-27(15)22-24-12-10-19(26-22)20-4-3-13-30-20/h3-8,10,12-14H,9,11H2,1-2H3,(H,23,28). The average Bonchev–Trinajstić information content (AvgIpc) is 3.44. The first kappa shape index (κ1) is 19.4. The normalized spacial score (nSPS) is 10.7. The molecule has 1 aromatic carbocycles. The summed E-state index contributed by atoms with van der Waals surface area (Å²) in [5.74, 6) is 1.64. The number of carbonyl (C=O) groups excluding carboxylic acids is 1. The molecule has 8 heteroatoms. The maximum atomic E-state index is 12.6. The van der Waals surface area contributed by atoms with E-state index in [0.29, 0.717) is 35.2 Å². The first-order valence-corrected chi connectivity index (χ1v) is 9.49. The number of carbonyl (C=O) groups is 1. The van der Waals surface area contributed by atoms with Crippen LogP contribution in [0.2, 0.25) is 0 Å². The second-order valence-corrected chi connectivity index (χ2v) is 6.63. The molecule has 1 amide bonds. The van der Waals surface area contributed by atoms with Crippen molar-refractivity contribution >= 4 is 5.91 Å². The topological polar surface area (TPSA) is 95.1 Å². The van der Waals surface area contributed by atoms with Crippen LogP contribution in [0.5, 0.6) is 5.75 Å². The van der Waals surface area contributed by atoms with Gasteiger partial charge in [-0.2, -0.15) is 5.10 Å². The fraction of sp³-hybridized carbons (Fsp3) is 0.182. The van der Waals surface area contributed by atoms with E-state index in [1.54, 1.807) is 36.4 Å². The van der Waals surface area contributed by atoms with E-state index in [0.717, 1.165) is 17.7 Å². The molecule has 4 rings (SSSR count). The molecular formula is C22H21N5O3. The van der Waals surface area contributed by atoms with E-state index in [4.69, 9.17) is 9.15 Å². The summed E-state index contributed by atoms with van der Waals surface area (Å²) in [6.45, 7) is 2.33. The highest BCUT2D eigenvalue weighted by atomic mass is 16.5. The largest absolute Gasteiger partial charge is 0.497 e. The molecule has 0 saturated carbocycles. The summed E-state index contributed by atoms with van der Waals surface area (Å²) >= 11 is 0. The zero-order valence-electron chi connectivity index (χ0n) is 16.7. The van der Waals surface area contributed by atoms with Gasteiger partial charge < -0.3 is 14.5 Å². The van der Waals surface area contributed by atoms with E-state index < -0.39 is 0 Å². The average molecular weight is 403 g/mol. The predicted octanol–water partition coefficient (Wildman–Crippen LogP) is 3.21. The minimum atomic E-state index is -0.186. The van der Waals surface area contributed by atoms with Gasteiger partial charge in [-0.3, -0.25) is 4.79 Å². The Morgan fingerprint density at radius 1 is 1.20 bits per heavy atom. The van der Waals surface area contributed by atoms with Crippen molar-refractivity contribution in [2.24, 2.45) is 0 Å². The summed E-state index contributed by atoms with van der Waals surface area (Å²) < 4.78 is 12.1. The smallest absolute Gasteiger partial charge is 0.254 e. The van der Waals surface area contributed by atoms with Gasteiger partial charge in [-0.15, -0.1) is 0 Å². The van der Waals surface area contributed by atoms with E-state index in [9.17, 15) is 4.79 Å². The van der Waals surface area contributed by atoms with Gasteiger partial charge in [0.05, 0.1) is 30.8 Å². The van der Waals surface area contributed by atoms with Crippen molar-refractivity contribution in [3.05, 3.63) is 77.9 Å². The van der Waals surface area contributed by atoms with Crippen molar-refractivity contribution < 1.29 is 13.9 Å². The second-order valence-electron chi connectivity index (χ2n) is 6.63. The highest BCUT2D eigenvalue weighted by Crippen LogP contribution is 2.19. The van der Waals surface area contributed by atoms with Gasteiger partial charge in [0.15, 0.2) is 5.76 Å². The number of benzene rings is 1. The number of ether oxygens (including phenoxy) is 1. The fourth-order valence-electron chi connectivity index (χ4n) is 3.05. The maximum Gasteiger partial charge on any atom is 0.254 e. The van der Waals surface area contributed by atoms with Gasteiger partial charge >= 0.3 is 0 Å². The van der Waals surface area contributed by atoms with Crippen molar-refractivity contribution in [3.8, 4) is 23.2 Å². The van der Waals surface area contributed by atoms with Crippen LogP contribution in [0.4, 0.5) is 0 Å². The quantitative estimate of drug-likeness (QED) is 0.509. The Labute approximate surface area is 173 Å². The van der Waals surface area contributed by atoms with Crippen LogP contribution in [-0.2, 0) is 6.42 Å². The van der Waals surface area contributed by atoms with Gasteiger partial charge in [-0.05, 0) is 49.2 Å². The number of rotatable bonds is 7. The summed E-state index contributed by atoms with van der Waals surface area (Å²) in [6.07, 6.45) is 5.47. The van der Waals surface area contributed by atoms with Crippen LogP contribution in [-0.4, -0.2) is 39.3 Å². The molecule has 0 saturated heterocycles. The van der Waals surface area contributed by atoms with Gasteiger partial charge in [0, 0.05) is 12.7 Å². The highest BCUT2D eigenvalue weighted by molar-refractivity contribution is 5.95. The molecule has 0 radical (unpaired) electrons. The number of nitrogens with one attached hydrogen (secondary N) is 1. The monoisotopic (exact) mass is 403 g/mol. The first-order chi connectivity index (χ1) is 14.7. The lowest BCUT2D eigenvalue weighted by molar-refractivity contribution is 0.0953. The molecule has 0 unspecified atom stereocenters. The van der Waals surface area contributed by atoms with E-state index in [-0.39, 0.29) is 5.91 Å². The number of hydrogen-bond donors (Lipinski definition) is 1. The SMILES string of the molecule is COc1ccc(CCNC(=O)c2cnn(-c3nccc(-c4ccco4)n3)c2C)cc1. The van der Waals surface area contributed by atoms with Crippen molar-refractivity contribution in [2.75, 3.05) is 13.7 Å². The van der Waals surface area contributed by atoms with Gasteiger partial charge in [-0.25, -0.2) is 14.6 Å². The van der Waals surface area contributed by atoms with Crippen LogP contribution in [0.25, 0.3) is 17.4 Å². The fourth-order valence-corrected chi connectivity index (χ4v) is 3.05. The van der Waals surface area contributed by atoms with Crippen molar-refractivity contribution in [1.29, 1.82) is 0 Å². The number of nitrogens with zero attached hydrogens (tertiary/aromatic N) is 4. The molecule has 1 N–H and O–H groups in total. The minimum Gasteiger partial charge on any atom is -0.497 e. The lowest BCUT2D eigenvalue weighted by Gasteiger charge is -2.07. The van der Waals surface area contributed by atoms with Gasteiger partial charge in [0.25, 0.3) is 11.9 Å². The molecule has 0 aliphatic rings. The Bertz CT molecular complexity index is 1130. The van der Waals surface area contributed by atoms with Gasteiger partial charge in [0.1, 0.15) is 11.4 Å². The predicted molar refractivity (Wildman–Crippen MR) is 111 cm³/mol. The van der Waals surface area contributed by atoms with Crippen LogP contribution in [0.1, 0.15) is 21.6 Å². The molecule has 8 nitrogen and oxygen atoms in total. The van der Waals surface area contributed by atoms with E-state index in [2.05, 4.69) is 20.4 Å². The minimum absolute atomic E-state index is 0.186. The van der Waals surface area contributed by atoms with Crippen molar-refractivity contribution in [3.63, 3.8) is 0 Å². The van der Waals surface area contributed by atoms with Crippen molar-refractivity contribution in [2.45, 2.75) is 13.3 Å². The van der Waals surface area contributed by atoms with Crippen LogP contribution in [0.15, 0.2) is 65.5 Å². The Hall–Kier alpha value is -3.94. The molecule has 0 atom stereocenters. The first-order valence-electron chi connectivity index (χ1n) is 9.49. The molecule has 3 aromatic heterocycles. The third-order valence-electron chi connectivity index (χ3n) is 4.72. The van der Waals surface area contributed by atoms with E-state index in [1.807, 2.05) is 37.3 Å². The number of furan rings is 1. The highest BCUT2D eigenvalue weighted by Gasteiger charge is 2.17. The molecule has 3 heterocycles. The molecule has 0 bridgehead atoms. The number of hydrogen-bond acceptors (Lipinski definition) is 6. The summed E-state index contributed by atoms with van der Waals surface area (Å²) in [5, 5.41) is 7.24. The summed E-state index contributed by atoms with van der Waals surface area (Å²) in [6, 6.07) is 13.2. The molecule has 4 aromatic rings. The van der Waals surface area contributed by atoms with Crippen molar-refractivity contribution in [1.82, 2.24) is 25.1 Å². The second kappa shape index (κ2) is 8.60. The third kappa shape index (κ3) is 4.07. The summed E-state index contributed by atoms with van der Waals surface area (Å²) in [7, 11) is 1.63. The zero-order chi connectivity index (χ0) is 20.9. The zero-order valence-corrected chi connectivity index (χ0v) is 16.7. The lowest BCUT2D eigenvalue weighted by atomic mass is 10.1. The van der Waals surface area contributed by atoms with Crippen LogP contribution < -0.4 is 10.1 Å².